The molecule has 0 bridgehead atoms. The lowest BCUT2D eigenvalue weighted by atomic mass is 9.80. The van der Waals surface area contributed by atoms with Crippen LogP contribution in [-0.4, -0.2) is 37.4 Å². The van der Waals surface area contributed by atoms with E-state index in [1.807, 2.05) is 17.5 Å². The van der Waals surface area contributed by atoms with E-state index in [2.05, 4.69) is 27.0 Å². The lowest BCUT2D eigenvalue weighted by molar-refractivity contribution is -0.116. The maximum absolute atomic E-state index is 13.5. The van der Waals surface area contributed by atoms with Crippen molar-refractivity contribution in [3.8, 4) is 17.2 Å². The van der Waals surface area contributed by atoms with Gasteiger partial charge >= 0.3 is 0 Å². The van der Waals surface area contributed by atoms with Gasteiger partial charge in [0.15, 0.2) is 17.3 Å². The molecule has 0 amide bonds. The van der Waals surface area contributed by atoms with Crippen LogP contribution in [0.1, 0.15) is 35.2 Å². The fourth-order valence-electron chi connectivity index (χ4n) is 4.34. The number of allylic oxidation sites excluding steroid dienone is 1. The third kappa shape index (κ3) is 3.36. The number of rotatable bonds is 5. The smallest absolute Gasteiger partial charge is 0.219 e. The van der Waals surface area contributed by atoms with Gasteiger partial charge in [-0.25, -0.2) is 4.63 Å². The number of aromatic nitrogens is 2. The molecule has 3 aromatic rings. The Morgan fingerprint density at radius 2 is 1.78 bits per heavy atom. The molecule has 9 nitrogen and oxygen atoms in total. The Morgan fingerprint density at radius 1 is 1.03 bits per heavy atom. The Balaban J connectivity index is 1.66. The molecular formula is C22H22N4O5S. The van der Waals surface area contributed by atoms with Gasteiger partial charge in [0.1, 0.15) is 5.75 Å². The molecule has 2 N–H and O–H groups in total. The lowest BCUT2D eigenvalue weighted by Gasteiger charge is -2.30. The Labute approximate surface area is 188 Å². The van der Waals surface area contributed by atoms with Crippen molar-refractivity contribution in [1.82, 2.24) is 10.3 Å². The highest BCUT2D eigenvalue weighted by atomic mass is 32.1. The highest BCUT2D eigenvalue weighted by Crippen LogP contribution is 2.47. The molecule has 166 valence electrons. The van der Waals surface area contributed by atoms with E-state index in [1.165, 1.54) is 4.88 Å². The molecule has 32 heavy (non-hydrogen) atoms. The molecule has 0 saturated carbocycles. The number of hydrogen-bond acceptors (Lipinski definition) is 10. The number of nitrogens with one attached hydrogen (secondary N) is 2. The molecule has 1 aromatic carbocycles. The Morgan fingerprint density at radius 3 is 2.50 bits per heavy atom. The van der Waals surface area contributed by atoms with Gasteiger partial charge in [-0.1, -0.05) is 6.07 Å². The predicted octanol–water partition coefficient (Wildman–Crippen LogP) is 4.14. The number of thiophene rings is 1. The van der Waals surface area contributed by atoms with E-state index in [-0.39, 0.29) is 11.7 Å². The Bertz CT molecular complexity index is 1190. The van der Waals surface area contributed by atoms with Crippen LogP contribution in [0.3, 0.4) is 0 Å². The van der Waals surface area contributed by atoms with Gasteiger partial charge in [0.25, 0.3) is 0 Å². The number of Topliss-reactive ketones (excluding diaryl/α,β-unsaturated/α-hetero) is 1. The number of nitrogens with zero attached hydrogens (tertiary/aromatic N) is 2. The van der Waals surface area contributed by atoms with E-state index < -0.39 is 6.04 Å². The number of ketones is 1. The summed E-state index contributed by atoms with van der Waals surface area (Å²) in [4.78, 5) is 14.7. The summed E-state index contributed by atoms with van der Waals surface area (Å²) < 4.78 is 21.5. The van der Waals surface area contributed by atoms with Crippen molar-refractivity contribution >= 4 is 28.8 Å². The Hall–Kier alpha value is -3.53. The highest BCUT2D eigenvalue weighted by molar-refractivity contribution is 7.10. The molecule has 0 radical (unpaired) electrons. The van der Waals surface area contributed by atoms with Gasteiger partial charge in [-0.05, 0) is 34.2 Å². The van der Waals surface area contributed by atoms with Crippen LogP contribution >= 0.6 is 11.3 Å². The average molecular weight is 455 g/mol. The fourth-order valence-corrected chi connectivity index (χ4v) is 5.17. The van der Waals surface area contributed by atoms with Crippen molar-refractivity contribution in [1.29, 1.82) is 0 Å². The number of ether oxygens (including phenoxy) is 3. The van der Waals surface area contributed by atoms with E-state index in [0.717, 1.165) is 11.3 Å². The summed E-state index contributed by atoms with van der Waals surface area (Å²) in [5.74, 6) is 2.63. The SMILES string of the molecule is COc1cc(OC)c([C@H]2Nc3nonc3NC3=C2C(=O)C[C@H](c2cccs2)C3)cc1OC. The Kier molecular flexibility index (Phi) is 5.22. The van der Waals surface area contributed by atoms with Gasteiger partial charge in [0, 0.05) is 40.1 Å². The van der Waals surface area contributed by atoms with Gasteiger partial charge in [-0.15, -0.1) is 11.3 Å². The zero-order chi connectivity index (χ0) is 22.2. The van der Waals surface area contributed by atoms with Gasteiger partial charge in [0.05, 0.1) is 27.4 Å². The maximum Gasteiger partial charge on any atom is 0.219 e. The van der Waals surface area contributed by atoms with E-state index in [0.29, 0.717) is 47.3 Å². The van der Waals surface area contributed by atoms with Crippen LogP contribution in [0.2, 0.25) is 0 Å². The first-order valence-electron chi connectivity index (χ1n) is 10.1. The summed E-state index contributed by atoms with van der Waals surface area (Å²) in [5, 5.41) is 16.6. The minimum Gasteiger partial charge on any atom is -0.496 e. The minimum absolute atomic E-state index is 0.0496. The van der Waals surface area contributed by atoms with Crippen molar-refractivity contribution in [2.45, 2.75) is 24.8 Å². The number of hydrogen-bond donors (Lipinski definition) is 2. The van der Waals surface area contributed by atoms with E-state index in [9.17, 15) is 4.79 Å². The molecular weight excluding hydrogens is 432 g/mol. The molecule has 5 rings (SSSR count). The first-order valence-corrected chi connectivity index (χ1v) is 11.0. The molecule has 10 heteroatoms. The summed E-state index contributed by atoms with van der Waals surface area (Å²) in [6, 6.07) is 7.10. The fraction of sp³-hybridized carbons (Fsp3) is 0.318. The molecule has 2 aromatic heterocycles. The minimum atomic E-state index is -0.544. The quantitative estimate of drug-likeness (QED) is 0.588. The molecule has 1 aliphatic carbocycles. The van der Waals surface area contributed by atoms with Crippen molar-refractivity contribution in [2.75, 3.05) is 32.0 Å². The van der Waals surface area contributed by atoms with Crippen LogP contribution in [-0.2, 0) is 4.79 Å². The monoisotopic (exact) mass is 454 g/mol. The predicted molar refractivity (Wildman–Crippen MR) is 119 cm³/mol. The second kappa shape index (κ2) is 8.19. The largest absolute Gasteiger partial charge is 0.496 e. The van der Waals surface area contributed by atoms with Crippen molar-refractivity contribution in [3.05, 3.63) is 51.4 Å². The highest BCUT2D eigenvalue weighted by Gasteiger charge is 2.39. The lowest BCUT2D eigenvalue weighted by Crippen LogP contribution is -2.27. The summed E-state index contributed by atoms with van der Waals surface area (Å²) in [5.41, 5.74) is 2.14. The number of benzene rings is 1. The number of carbonyl (C=O) groups excluding carboxylic acids is 1. The molecule has 3 heterocycles. The summed E-state index contributed by atoms with van der Waals surface area (Å²) in [6.07, 6.45) is 1.09. The van der Waals surface area contributed by atoms with Crippen LogP contribution in [0.25, 0.3) is 0 Å². The van der Waals surface area contributed by atoms with Crippen LogP contribution < -0.4 is 24.8 Å². The summed E-state index contributed by atoms with van der Waals surface area (Å²) in [6.45, 7) is 0. The van der Waals surface area contributed by atoms with E-state index in [4.69, 9.17) is 18.8 Å². The standard InChI is InChI=1S/C22H22N4O5S/c1-28-15-10-17(30-3)16(29-2)9-12(15)20-19-13(23-21-22(24-20)26-31-25-21)7-11(8-14(19)27)18-5-4-6-32-18/h4-6,9-11,20H,7-8H2,1-3H3,(H,23,25)(H,24,26)/t11-,20-/m1/s1. The third-order valence-corrected chi connectivity index (χ3v) is 6.86. The zero-order valence-corrected chi connectivity index (χ0v) is 18.6. The molecule has 1 aliphatic heterocycles. The van der Waals surface area contributed by atoms with Gasteiger partial charge in [0.2, 0.25) is 11.6 Å². The third-order valence-electron chi connectivity index (χ3n) is 5.83. The van der Waals surface area contributed by atoms with E-state index >= 15 is 0 Å². The first-order chi connectivity index (χ1) is 15.6. The van der Waals surface area contributed by atoms with Crippen LogP contribution in [0.5, 0.6) is 17.2 Å². The van der Waals surface area contributed by atoms with Crippen LogP contribution in [0.15, 0.2) is 45.5 Å². The number of methoxy groups -OCH3 is 3. The van der Waals surface area contributed by atoms with Crippen LogP contribution in [0, 0.1) is 0 Å². The second-order valence-corrected chi connectivity index (χ2v) is 8.53. The molecule has 2 aliphatic rings. The molecule has 0 fully saturated rings. The second-order valence-electron chi connectivity index (χ2n) is 7.55. The van der Waals surface area contributed by atoms with Crippen molar-refractivity contribution < 1.29 is 23.6 Å². The summed E-state index contributed by atoms with van der Waals surface area (Å²) in [7, 11) is 4.71. The molecule has 0 unspecified atom stereocenters. The summed E-state index contributed by atoms with van der Waals surface area (Å²) >= 11 is 1.66. The molecule has 0 saturated heterocycles. The van der Waals surface area contributed by atoms with E-state index in [1.54, 1.807) is 38.7 Å². The topological polar surface area (TPSA) is 108 Å². The van der Waals surface area contributed by atoms with Crippen molar-refractivity contribution in [2.24, 2.45) is 0 Å². The maximum atomic E-state index is 13.5. The van der Waals surface area contributed by atoms with Crippen molar-refractivity contribution in [3.63, 3.8) is 0 Å². The van der Waals surface area contributed by atoms with Gasteiger partial charge < -0.3 is 24.8 Å². The number of fused-ring (bicyclic) bond motifs is 1. The first kappa shape index (κ1) is 20.4. The van der Waals surface area contributed by atoms with Gasteiger partial charge in [-0.2, -0.15) is 0 Å². The normalized spacial score (nSPS) is 19.9. The number of anilines is 2. The molecule has 2 atom stereocenters. The number of carbonyl (C=O) groups is 1. The van der Waals surface area contributed by atoms with Gasteiger partial charge in [-0.3, -0.25) is 4.79 Å². The zero-order valence-electron chi connectivity index (χ0n) is 17.8. The molecule has 0 spiro atoms. The van der Waals surface area contributed by atoms with Crippen LogP contribution in [0.4, 0.5) is 11.6 Å². The average Bonchev–Trinajstić information content (AvgIpc) is 3.47.